The molecule has 3 aliphatic rings. The topological polar surface area (TPSA) is 0 Å². The Morgan fingerprint density at radius 3 is 1.83 bits per heavy atom. The summed E-state index contributed by atoms with van der Waals surface area (Å²) in [6.07, 6.45) is 5.23. The molecular weight excluding hydrogens is 772 g/mol. The first-order valence-corrected chi connectivity index (χ1v) is 19.3. The van der Waals surface area contributed by atoms with Crippen LogP contribution in [0.15, 0.2) is 66.7 Å². The molecule has 0 aromatic heterocycles. The molecule has 276 valence electrons. The first kappa shape index (κ1) is 44.0. The molecule has 7 rings (SSSR count). The molecule has 0 nitrogen and oxygen atoms in total. The number of hydrogen-bond acceptors (Lipinski definition) is 0. The van der Waals surface area contributed by atoms with E-state index in [1.807, 2.05) is 3.71 Å². The number of alkyl halides is 3. The van der Waals surface area contributed by atoms with Gasteiger partial charge in [-0.1, -0.05) is 111 Å². The molecule has 0 fully saturated rings. The van der Waals surface area contributed by atoms with E-state index in [2.05, 4.69) is 125 Å². The Labute approximate surface area is 337 Å². The zero-order valence-corrected chi connectivity index (χ0v) is 36.4. The number of halogens is 5. The molecule has 0 saturated heterocycles. The van der Waals surface area contributed by atoms with Crippen molar-refractivity contribution in [2.45, 2.75) is 118 Å². The van der Waals surface area contributed by atoms with E-state index in [1.165, 1.54) is 109 Å². The third-order valence-electron chi connectivity index (χ3n) is 10.5. The minimum absolute atomic E-state index is 0. The molecule has 0 amide bonds. The Balaban J connectivity index is 0.000000230. The van der Waals surface area contributed by atoms with Crippen LogP contribution in [0.2, 0.25) is 0 Å². The van der Waals surface area contributed by atoms with Gasteiger partial charge in [0.15, 0.2) is 0 Å². The molecule has 6 heteroatoms. The molecule has 0 bridgehead atoms. The summed E-state index contributed by atoms with van der Waals surface area (Å²) in [4.78, 5) is 0. The third-order valence-corrected chi connectivity index (χ3v) is 11.3. The summed E-state index contributed by atoms with van der Waals surface area (Å²) in [5.41, 5.74) is 19.6. The average Bonchev–Trinajstić information content (AvgIpc) is 3.75. The van der Waals surface area contributed by atoms with Gasteiger partial charge >= 0.3 is 82.7 Å². The Hall–Kier alpha value is -2.39. The van der Waals surface area contributed by atoms with E-state index >= 15 is 0 Å². The molecule has 0 N–H and O–H groups in total. The van der Waals surface area contributed by atoms with E-state index < -0.39 is 11.7 Å². The van der Waals surface area contributed by atoms with E-state index in [9.17, 15) is 13.2 Å². The molecule has 0 radical (unpaired) electrons. The third kappa shape index (κ3) is 8.93. The molecule has 4 aromatic carbocycles. The zero-order valence-electron chi connectivity index (χ0n) is 32.4. The van der Waals surface area contributed by atoms with Gasteiger partial charge in [-0.3, -0.25) is 6.08 Å². The summed E-state index contributed by atoms with van der Waals surface area (Å²) in [7, 11) is 0. The maximum atomic E-state index is 12.0. The minimum atomic E-state index is -4.22. The molecule has 0 heterocycles. The number of allylic oxidation sites excluding steroid dienone is 4. The van der Waals surface area contributed by atoms with E-state index in [0.29, 0.717) is 5.41 Å². The fourth-order valence-corrected chi connectivity index (χ4v) is 8.33. The second-order valence-electron chi connectivity index (χ2n) is 16.2. The molecule has 0 atom stereocenters. The molecule has 4 aromatic rings. The maximum absolute atomic E-state index is 12.0. The van der Waals surface area contributed by atoms with Gasteiger partial charge in [-0.25, -0.2) is 11.6 Å². The quantitative estimate of drug-likeness (QED) is 0.178. The van der Waals surface area contributed by atoms with Crippen LogP contribution in [0.25, 0.3) is 22.3 Å². The van der Waals surface area contributed by atoms with E-state index in [4.69, 9.17) is 0 Å². The fourth-order valence-electron chi connectivity index (χ4n) is 7.86. The van der Waals surface area contributed by atoms with Gasteiger partial charge in [0.05, 0.1) is 0 Å². The number of rotatable bonds is 3. The van der Waals surface area contributed by atoms with Crippen LogP contribution in [0, 0.1) is 6.08 Å². The van der Waals surface area contributed by atoms with Gasteiger partial charge in [0.2, 0.25) is 0 Å². The predicted molar refractivity (Wildman–Crippen MR) is 203 cm³/mol. The van der Waals surface area contributed by atoms with Crippen LogP contribution in [0.5, 0.6) is 0 Å². The second-order valence-corrected chi connectivity index (χ2v) is 16.9. The molecule has 0 aliphatic heterocycles. The van der Waals surface area contributed by atoms with Crippen molar-refractivity contribution in [2.24, 2.45) is 0 Å². The number of hydrogen-bond donors (Lipinski definition) is 0. The summed E-state index contributed by atoms with van der Waals surface area (Å²) < 4.78 is 37.9. The molecule has 0 unspecified atom stereocenters. The van der Waals surface area contributed by atoms with Crippen LogP contribution in [0.4, 0.5) is 13.2 Å². The van der Waals surface area contributed by atoms with E-state index in [1.54, 1.807) is 0 Å². The van der Waals surface area contributed by atoms with Crippen molar-refractivity contribution in [2.75, 3.05) is 0 Å². The van der Waals surface area contributed by atoms with E-state index in [0.717, 1.165) is 37.0 Å². The molecule has 0 saturated carbocycles. The first-order chi connectivity index (χ1) is 23.2. The van der Waals surface area contributed by atoms with Crippen LogP contribution in [0.1, 0.15) is 137 Å². The van der Waals surface area contributed by atoms with E-state index in [-0.39, 0.29) is 35.6 Å². The van der Waals surface area contributed by atoms with Crippen LogP contribution in [-0.4, -0.2) is 3.71 Å². The minimum Gasteiger partial charge on any atom is -1.00 e. The summed E-state index contributed by atoms with van der Waals surface area (Å²) in [5, 5.41) is 0. The fraction of sp³-hybridized carbons (Fsp3) is 0.391. The van der Waals surface area contributed by atoms with Gasteiger partial charge in [0.25, 0.3) is 0 Å². The van der Waals surface area contributed by atoms with Crippen molar-refractivity contribution >= 4 is 14.9 Å². The molecule has 3 aliphatic carbocycles. The standard InChI is InChI=1S/C25H25.C13H21.C8H5F3.2ClH.Zr/c1-14-12-24(3,4)22-8-16-7-17-9-23-19(15(2)13-25(23,5)6)11-21(17)20(16)10-18(14)22;1-6-10-8-11(7-2)12(9-10)13(3,4)5;1-6-2-4-7(5-3-6)8(9,10)11;;;/h8-12H,7H2,1-6H3;8-9H,6-7H2,1-5H3;1-5H;2*1H;/q2*-1;;;;+2/p-2. The van der Waals surface area contributed by atoms with Crippen LogP contribution < -0.4 is 24.8 Å². The van der Waals surface area contributed by atoms with Crippen molar-refractivity contribution < 1.29 is 62.2 Å². The molecular formula is C46H51Cl2F3Zr-2. The van der Waals surface area contributed by atoms with Gasteiger partial charge in [-0.05, 0) is 58.4 Å². The second kappa shape index (κ2) is 16.1. The van der Waals surface area contributed by atoms with Crippen LogP contribution in [-0.2, 0) is 65.9 Å². The van der Waals surface area contributed by atoms with Crippen molar-refractivity contribution in [1.29, 1.82) is 0 Å². The Kier molecular flexibility index (Phi) is 13.7. The van der Waals surface area contributed by atoms with Gasteiger partial charge in [-0.2, -0.15) is 28.3 Å². The van der Waals surface area contributed by atoms with Gasteiger partial charge < -0.3 is 24.8 Å². The van der Waals surface area contributed by atoms with Crippen LogP contribution >= 0.6 is 0 Å². The summed E-state index contributed by atoms with van der Waals surface area (Å²) >= 11 is 1.18. The number of benzene rings is 3. The first-order valence-electron chi connectivity index (χ1n) is 17.8. The monoisotopic (exact) mass is 820 g/mol. The van der Waals surface area contributed by atoms with Crippen LogP contribution in [0.3, 0.4) is 0 Å². The molecule has 0 spiro atoms. The Bertz CT molecular complexity index is 1910. The SMILES string of the molecule is CC1=[C-]C(C)(C)c2cc3c(cc21)-c1cc2c(cc1C3)C(C)(C)C=C2C.CCc1cc(C(C)(C)C)c(CC)[cH-]1.FC(F)(F)c1ccc([CH]=[Zr+2])cc1.[Cl-].[Cl-]. The smallest absolute Gasteiger partial charge is 1.00 e. The summed E-state index contributed by atoms with van der Waals surface area (Å²) in [5.74, 6) is 0. The van der Waals surface area contributed by atoms with Gasteiger partial charge in [0.1, 0.15) is 0 Å². The maximum Gasteiger partial charge on any atom is -1.00 e. The van der Waals surface area contributed by atoms with Gasteiger partial charge in [-0.15, -0.1) is 11.6 Å². The molecule has 52 heavy (non-hydrogen) atoms. The Morgan fingerprint density at radius 2 is 1.35 bits per heavy atom. The average molecular weight is 823 g/mol. The zero-order chi connectivity index (χ0) is 37.0. The summed E-state index contributed by atoms with van der Waals surface area (Å²) in [6, 6.07) is 19.7. The predicted octanol–water partition coefficient (Wildman–Crippen LogP) is 6.69. The van der Waals surface area contributed by atoms with Crippen molar-refractivity contribution in [1.82, 2.24) is 0 Å². The van der Waals surface area contributed by atoms with Crippen molar-refractivity contribution in [3.63, 3.8) is 0 Å². The Morgan fingerprint density at radius 1 is 0.788 bits per heavy atom. The van der Waals surface area contributed by atoms with Crippen molar-refractivity contribution in [3.05, 3.63) is 134 Å². The van der Waals surface area contributed by atoms with Gasteiger partial charge in [0, 0.05) is 5.41 Å². The summed E-state index contributed by atoms with van der Waals surface area (Å²) in [6.45, 7) is 25.0. The number of fused-ring (bicyclic) bond motifs is 5. The van der Waals surface area contributed by atoms with Crippen molar-refractivity contribution in [3.8, 4) is 11.1 Å². The largest absolute Gasteiger partial charge is 1.00 e. The normalized spacial score (nSPS) is 15.5. The number of aryl methyl sites for hydroxylation is 2.